The fourth-order valence-corrected chi connectivity index (χ4v) is 4.58. The molecule has 2 heterocycles. The first-order valence-corrected chi connectivity index (χ1v) is 13.3. The van der Waals surface area contributed by atoms with Crippen LogP contribution >= 0.6 is 0 Å². The highest BCUT2D eigenvalue weighted by Gasteiger charge is 2.44. The molecule has 0 bridgehead atoms. The van der Waals surface area contributed by atoms with Crippen molar-refractivity contribution in [3.63, 3.8) is 0 Å². The Morgan fingerprint density at radius 3 is 2.05 bits per heavy atom. The zero-order valence-electron chi connectivity index (χ0n) is 22.3. The van der Waals surface area contributed by atoms with Gasteiger partial charge in [0.1, 0.15) is 25.9 Å². The number of nitrogens with zero attached hydrogens (tertiary/aromatic N) is 3. The van der Waals surface area contributed by atoms with Crippen LogP contribution in [0.3, 0.4) is 0 Å². The third-order valence-electron chi connectivity index (χ3n) is 6.57. The summed E-state index contributed by atoms with van der Waals surface area (Å²) >= 11 is 0. The highest BCUT2D eigenvalue weighted by atomic mass is 16.6. The number of rotatable bonds is 8. The van der Waals surface area contributed by atoms with Gasteiger partial charge in [-0.1, -0.05) is 73.3 Å². The van der Waals surface area contributed by atoms with Crippen LogP contribution in [-0.2, 0) is 37.0 Å². The first kappa shape index (κ1) is 28.6. The van der Waals surface area contributed by atoms with Crippen molar-refractivity contribution in [1.29, 1.82) is 0 Å². The van der Waals surface area contributed by atoms with Gasteiger partial charge in [0.25, 0.3) is 5.91 Å². The summed E-state index contributed by atoms with van der Waals surface area (Å²) in [5.41, 5.74) is 4.54. The highest BCUT2D eigenvalue weighted by molar-refractivity contribution is 5.89. The summed E-state index contributed by atoms with van der Waals surface area (Å²) in [6, 6.07) is 16.5. The number of hydrazine groups is 2. The zero-order chi connectivity index (χ0) is 28.3. The zero-order valence-corrected chi connectivity index (χ0v) is 22.3. The van der Waals surface area contributed by atoms with E-state index < -0.39 is 36.1 Å². The van der Waals surface area contributed by atoms with Crippen molar-refractivity contribution in [2.24, 2.45) is 0 Å². The summed E-state index contributed by atoms with van der Waals surface area (Å²) in [6.45, 7) is 4.14. The summed E-state index contributed by atoms with van der Waals surface area (Å²) in [6.07, 6.45) is 1.73. The van der Waals surface area contributed by atoms with E-state index in [-0.39, 0.29) is 26.4 Å². The van der Waals surface area contributed by atoms with Gasteiger partial charge in [0.15, 0.2) is 6.04 Å². The van der Waals surface area contributed by atoms with Gasteiger partial charge >= 0.3 is 18.2 Å². The summed E-state index contributed by atoms with van der Waals surface area (Å²) < 4.78 is 16.2. The minimum Gasteiger partial charge on any atom is -0.460 e. The lowest BCUT2D eigenvalue weighted by Crippen LogP contribution is -2.66. The number of hydrogen-bond acceptors (Lipinski definition) is 8. The Balaban J connectivity index is 1.47. The van der Waals surface area contributed by atoms with Gasteiger partial charge in [0, 0.05) is 13.1 Å². The second-order valence-corrected chi connectivity index (χ2v) is 9.44. The Morgan fingerprint density at radius 1 is 0.825 bits per heavy atom. The van der Waals surface area contributed by atoms with Crippen LogP contribution in [0.1, 0.15) is 36.8 Å². The lowest BCUT2D eigenvalue weighted by atomic mass is 10.0. The van der Waals surface area contributed by atoms with E-state index in [1.54, 1.807) is 0 Å². The molecule has 1 N–H and O–H groups in total. The number of ether oxygens (including phenoxy) is 3. The third kappa shape index (κ3) is 7.38. The molecule has 11 nitrogen and oxygen atoms in total. The van der Waals surface area contributed by atoms with Crippen molar-refractivity contribution in [2.75, 3.05) is 19.7 Å². The molecule has 2 saturated heterocycles. The fraction of sp³-hybridized carbons (Fsp3) is 0.379. The number of benzene rings is 2. The van der Waals surface area contributed by atoms with Crippen molar-refractivity contribution >= 4 is 24.1 Å². The van der Waals surface area contributed by atoms with Crippen molar-refractivity contribution in [3.05, 3.63) is 84.4 Å². The van der Waals surface area contributed by atoms with Crippen LogP contribution in [-0.4, -0.2) is 70.9 Å². The second kappa shape index (κ2) is 14.1. The molecular formula is C29H34N4O7. The monoisotopic (exact) mass is 550 g/mol. The third-order valence-corrected chi connectivity index (χ3v) is 6.57. The van der Waals surface area contributed by atoms with Gasteiger partial charge in [-0.25, -0.2) is 34.8 Å². The molecule has 0 saturated carbocycles. The molecule has 11 heteroatoms. The van der Waals surface area contributed by atoms with E-state index in [0.29, 0.717) is 32.2 Å². The predicted octanol–water partition coefficient (Wildman–Crippen LogP) is 3.57. The molecule has 4 rings (SSSR count). The van der Waals surface area contributed by atoms with Crippen molar-refractivity contribution in [1.82, 2.24) is 20.5 Å². The highest BCUT2D eigenvalue weighted by Crippen LogP contribution is 2.24. The lowest BCUT2D eigenvalue weighted by Gasteiger charge is -2.44. The lowest BCUT2D eigenvalue weighted by molar-refractivity contribution is -0.176. The molecule has 0 unspecified atom stereocenters. The molecule has 0 aliphatic carbocycles. The summed E-state index contributed by atoms with van der Waals surface area (Å²) in [5, 5.41) is 3.53. The molecule has 0 aromatic heterocycles. The van der Waals surface area contributed by atoms with E-state index in [1.807, 2.05) is 60.7 Å². The average Bonchev–Trinajstić information content (AvgIpc) is 3.01. The predicted molar refractivity (Wildman–Crippen MR) is 144 cm³/mol. The maximum Gasteiger partial charge on any atom is 0.429 e. The fourth-order valence-electron chi connectivity index (χ4n) is 4.58. The molecule has 0 spiro atoms. The summed E-state index contributed by atoms with van der Waals surface area (Å²) in [7, 11) is 0. The smallest absolute Gasteiger partial charge is 0.429 e. The maximum atomic E-state index is 13.9. The van der Waals surface area contributed by atoms with Gasteiger partial charge in [0.2, 0.25) is 0 Å². The Labute approximate surface area is 233 Å². The quantitative estimate of drug-likeness (QED) is 0.301. The van der Waals surface area contributed by atoms with Crippen LogP contribution in [0.25, 0.3) is 0 Å². The average molecular weight is 551 g/mol. The molecule has 40 heavy (non-hydrogen) atoms. The van der Waals surface area contributed by atoms with Gasteiger partial charge in [0.05, 0.1) is 0 Å². The van der Waals surface area contributed by atoms with Gasteiger partial charge in [-0.05, 0) is 36.8 Å². The van der Waals surface area contributed by atoms with E-state index in [4.69, 9.17) is 14.2 Å². The Bertz CT molecular complexity index is 1180. The summed E-state index contributed by atoms with van der Waals surface area (Å²) in [4.78, 5) is 52.8. The van der Waals surface area contributed by atoms with Crippen molar-refractivity contribution in [2.45, 2.75) is 51.0 Å². The second-order valence-electron chi connectivity index (χ2n) is 9.44. The van der Waals surface area contributed by atoms with Crippen LogP contribution in [0.5, 0.6) is 0 Å². The van der Waals surface area contributed by atoms with Crippen LogP contribution in [0.2, 0.25) is 0 Å². The van der Waals surface area contributed by atoms with E-state index >= 15 is 0 Å². The molecule has 212 valence electrons. The number of hydrogen-bond donors (Lipinski definition) is 1. The standard InChI is InChI=1S/C29H34N4O7/c1-2-19-38-27(35)25-16-10-18-32(29(37)40-21-23-13-7-4-8-14-23)33(25)26(34)24-15-9-17-31(30-24)28(36)39-20-22-11-5-3-6-12-22/h2-8,11-14,24-25,30H,1,9-10,15-21H2/t24-,25+/m0/s1. The molecule has 2 aliphatic heterocycles. The van der Waals surface area contributed by atoms with Crippen LogP contribution in [0, 0.1) is 0 Å². The molecule has 0 radical (unpaired) electrons. The Kier molecular flexibility index (Phi) is 10.1. The normalized spacial score (nSPS) is 18.9. The first-order valence-electron chi connectivity index (χ1n) is 13.3. The Morgan fingerprint density at radius 2 is 1.43 bits per heavy atom. The van der Waals surface area contributed by atoms with E-state index in [0.717, 1.165) is 21.1 Å². The first-order chi connectivity index (χ1) is 19.5. The van der Waals surface area contributed by atoms with Crippen LogP contribution in [0.15, 0.2) is 73.3 Å². The molecular weight excluding hydrogens is 516 g/mol. The van der Waals surface area contributed by atoms with Crippen molar-refractivity contribution < 1.29 is 33.4 Å². The van der Waals surface area contributed by atoms with Crippen molar-refractivity contribution in [3.8, 4) is 0 Å². The van der Waals surface area contributed by atoms with Crippen LogP contribution < -0.4 is 5.43 Å². The van der Waals surface area contributed by atoms with Gasteiger partial charge in [-0.2, -0.15) is 0 Å². The summed E-state index contributed by atoms with van der Waals surface area (Å²) in [5.74, 6) is -1.19. The van der Waals surface area contributed by atoms with E-state index in [9.17, 15) is 19.2 Å². The molecule has 2 atom stereocenters. The number of esters is 1. The Hall–Kier alpha value is -4.38. The number of carbonyl (C=O) groups is 4. The molecule has 2 aromatic carbocycles. The van der Waals surface area contributed by atoms with Gasteiger partial charge < -0.3 is 14.2 Å². The molecule has 2 fully saturated rings. The van der Waals surface area contributed by atoms with Crippen LogP contribution in [0.4, 0.5) is 9.59 Å². The largest absolute Gasteiger partial charge is 0.460 e. The van der Waals surface area contributed by atoms with E-state index in [1.165, 1.54) is 11.1 Å². The minimum absolute atomic E-state index is 0.00644. The SMILES string of the molecule is C=CCOC(=O)[C@H]1CCCN(C(=O)OCc2ccccc2)N1C(=O)[C@@H]1CCCN(C(=O)OCc2ccccc2)N1. The van der Waals surface area contributed by atoms with Gasteiger partial charge in [-0.15, -0.1) is 0 Å². The number of carbonyl (C=O) groups excluding carboxylic acids is 4. The topological polar surface area (TPSA) is 118 Å². The minimum atomic E-state index is -1.03. The molecule has 2 aromatic rings. The number of nitrogens with one attached hydrogen (secondary N) is 1. The number of amides is 3. The van der Waals surface area contributed by atoms with Gasteiger partial charge in [-0.3, -0.25) is 4.79 Å². The molecule has 3 amide bonds. The maximum absolute atomic E-state index is 13.9. The molecule has 2 aliphatic rings. The van der Waals surface area contributed by atoms with E-state index in [2.05, 4.69) is 12.0 Å².